The van der Waals surface area contributed by atoms with Crippen LogP contribution in [0.15, 0.2) is 24.3 Å². The van der Waals surface area contributed by atoms with Gasteiger partial charge in [0.15, 0.2) is 0 Å². The van der Waals surface area contributed by atoms with E-state index in [0.717, 1.165) is 5.75 Å². The summed E-state index contributed by atoms with van der Waals surface area (Å²) in [4.78, 5) is 0. The molecule has 0 unspecified atom stereocenters. The lowest BCUT2D eigenvalue weighted by molar-refractivity contribution is 0.209. The number of hydrogen-bond donors (Lipinski definition) is 0. The minimum absolute atomic E-state index is 0.455. The van der Waals surface area contributed by atoms with Crippen LogP contribution in [0, 0.1) is 6.42 Å². The molecule has 75 valence electrons. The molecule has 2 rings (SSSR count). The SMILES string of the molecule is C[CH]c1ccccc1OC1CCCC1. The van der Waals surface area contributed by atoms with Crippen LogP contribution in [0.2, 0.25) is 0 Å². The summed E-state index contributed by atoms with van der Waals surface area (Å²) in [5, 5.41) is 0. The molecule has 1 aromatic carbocycles. The van der Waals surface area contributed by atoms with Crippen molar-refractivity contribution in [3.05, 3.63) is 36.2 Å². The fourth-order valence-electron chi connectivity index (χ4n) is 2.01. The van der Waals surface area contributed by atoms with Gasteiger partial charge in [-0.3, -0.25) is 0 Å². The lowest BCUT2D eigenvalue weighted by Gasteiger charge is -2.15. The molecule has 14 heavy (non-hydrogen) atoms. The average molecular weight is 189 g/mol. The maximum atomic E-state index is 5.97. The van der Waals surface area contributed by atoms with Gasteiger partial charge in [0.05, 0.1) is 6.10 Å². The van der Waals surface area contributed by atoms with Crippen molar-refractivity contribution in [2.75, 3.05) is 0 Å². The molecule has 1 saturated carbocycles. The first-order valence-electron chi connectivity index (χ1n) is 5.45. The highest BCUT2D eigenvalue weighted by Gasteiger charge is 2.17. The van der Waals surface area contributed by atoms with E-state index in [0.29, 0.717) is 6.10 Å². The molecule has 1 nitrogen and oxygen atoms in total. The van der Waals surface area contributed by atoms with Crippen LogP contribution in [0.1, 0.15) is 38.2 Å². The molecular weight excluding hydrogens is 172 g/mol. The molecule has 0 N–H and O–H groups in total. The normalized spacial score (nSPS) is 17.2. The second kappa shape index (κ2) is 4.50. The molecule has 1 aliphatic rings. The molecule has 0 atom stereocenters. The van der Waals surface area contributed by atoms with Crippen molar-refractivity contribution in [3.63, 3.8) is 0 Å². The van der Waals surface area contributed by atoms with E-state index in [4.69, 9.17) is 4.74 Å². The summed E-state index contributed by atoms with van der Waals surface area (Å²) in [6, 6.07) is 8.26. The maximum Gasteiger partial charge on any atom is 0.123 e. The van der Waals surface area contributed by atoms with Crippen LogP contribution in [0.25, 0.3) is 0 Å². The van der Waals surface area contributed by atoms with Gasteiger partial charge in [-0.25, -0.2) is 0 Å². The molecular formula is C13H17O. The third-order valence-corrected chi connectivity index (χ3v) is 2.83. The average Bonchev–Trinajstić information content (AvgIpc) is 2.71. The van der Waals surface area contributed by atoms with Crippen molar-refractivity contribution in [1.82, 2.24) is 0 Å². The lowest BCUT2D eigenvalue weighted by atomic mass is 10.1. The first kappa shape index (κ1) is 9.57. The number of para-hydroxylation sites is 1. The minimum Gasteiger partial charge on any atom is -0.490 e. The standard InChI is InChI=1S/C13H17O/c1-2-11-7-3-6-10-13(11)14-12-8-4-5-9-12/h2-3,6-7,10,12H,4-5,8-9H2,1H3. The van der Waals surface area contributed by atoms with E-state index in [9.17, 15) is 0 Å². The summed E-state index contributed by atoms with van der Waals surface area (Å²) in [6.45, 7) is 2.05. The highest BCUT2D eigenvalue weighted by molar-refractivity contribution is 5.38. The van der Waals surface area contributed by atoms with Crippen molar-refractivity contribution >= 4 is 0 Å². The maximum absolute atomic E-state index is 5.97. The van der Waals surface area contributed by atoms with Gasteiger partial charge in [-0.1, -0.05) is 25.1 Å². The Morgan fingerprint density at radius 1 is 1.21 bits per heavy atom. The number of benzene rings is 1. The molecule has 0 aromatic heterocycles. The van der Waals surface area contributed by atoms with Crippen LogP contribution in [0.3, 0.4) is 0 Å². The smallest absolute Gasteiger partial charge is 0.123 e. The van der Waals surface area contributed by atoms with Crippen LogP contribution < -0.4 is 4.74 Å². The van der Waals surface area contributed by atoms with Gasteiger partial charge < -0.3 is 4.74 Å². The zero-order chi connectivity index (χ0) is 9.80. The molecule has 0 spiro atoms. The highest BCUT2D eigenvalue weighted by atomic mass is 16.5. The zero-order valence-corrected chi connectivity index (χ0v) is 8.70. The largest absolute Gasteiger partial charge is 0.490 e. The zero-order valence-electron chi connectivity index (χ0n) is 8.70. The van der Waals surface area contributed by atoms with Crippen LogP contribution in [0.5, 0.6) is 5.75 Å². The van der Waals surface area contributed by atoms with Crippen LogP contribution in [-0.2, 0) is 0 Å². The van der Waals surface area contributed by atoms with Gasteiger partial charge in [0.1, 0.15) is 5.75 Å². The lowest BCUT2D eigenvalue weighted by Crippen LogP contribution is -2.11. The van der Waals surface area contributed by atoms with E-state index < -0.39 is 0 Å². The summed E-state index contributed by atoms with van der Waals surface area (Å²) >= 11 is 0. The Bertz CT molecular complexity index is 287. The predicted molar refractivity (Wildman–Crippen MR) is 58.4 cm³/mol. The van der Waals surface area contributed by atoms with Crippen molar-refractivity contribution in [2.45, 2.75) is 38.7 Å². The molecule has 0 amide bonds. The molecule has 1 aromatic rings. The molecule has 1 radical (unpaired) electrons. The first-order valence-corrected chi connectivity index (χ1v) is 5.45. The molecule has 1 aliphatic carbocycles. The second-order valence-electron chi connectivity index (χ2n) is 3.85. The Kier molecular flexibility index (Phi) is 3.07. The highest BCUT2D eigenvalue weighted by Crippen LogP contribution is 2.27. The van der Waals surface area contributed by atoms with E-state index in [1.807, 2.05) is 6.07 Å². The van der Waals surface area contributed by atoms with Gasteiger partial charge >= 0.3 is 0 Å². The first-order chi connectivity index (χ1) is 6.90. The third kappa shape index (κ3) is 2.09. The minimum atomic E-state index is 0.455. The second-order valence-corrected chi connectivity index (χ2v) is 3.85. The van der Waals surface area contributed by atoms with E-state index >= 15 is 0 Å². The fourth-order valence-corrected chi connectivity index (χ4v) is 2.01. The van der Waals surface area contributed by atoms with Gasteiger partial charge in [-0.15, -0.1) is 0 Å². The molecule has 1 heteroatoms. The summed E-state index contributed by atoms with van der Waals surface area (Å²) in [6.07, 6.45) is 7.64. The molecule has 1 fully saturated rings. The predicted octanol–water partition coefficient (Wildman–Crippen LogP) is 3.58. The van der Waals surface area contributed by atoms with Gasteiger partial charge in [0.25, 0.3) is 0 Å². The van der Waals surface area contributed by atoms with E-state index in [1.54, 1.807) is 0 Å². The fraction of sp³-hybridized carbons (Fsp3) is 0.462. The number of rotatable bonds is 3. The van der Waals surface area contributed by atoms with Crippen LogP contribution in [-0.4, -0.2) is 6.10 Å². The number of hydrogen-bond acceptors (Lipinski definition) is 1. The van der Waals surface area contributed by atoms with Crippen LogP contribution in [0.4, 0.5) is 0 Å². The van der Waals surface area contributed by atoms with Crippen LogP contribution >= 0.6 is 0 Å². The number of ether oxygens (including phenoxy) is 1. The van der Waals surface area contributed by atoms with Gasteiger partial charge in [-0.05, 0) is 43.7 Å². The van der Waals surface area contributed by atoms with Crippen molar-refractivity contribution in [2.24, 2.45) is 0 Å². The Labute approximate surface area is 86.1 Å². The molecule has 0 aliphatic heterocycles. The van der Waals surface area contributed by atoms with E-state index in [-0.39, 0.29) is 0 Å². The molecule has 0 heterocycles. The topological polar surface area (TPSA) is 9.23 Å². The summed E-state index contributed by atoms with van der Waals surface area (Å²) in [5.41, 5.74) is 1.21. The Hall–Kier alpha value is -0.980. The van der Waals surface area contributed by atoms with E-state index in [1.165, 1.54) is 31.2 Å². The molecule has 0 saturated heterocycles. The Balaban J connectivity index is 2.07. The summed E-state index contributed by atoms with van der Waals surface area (Å²) < 4.78 is 5.97. The van der Waals surface area contributed by atoms with Gasteiger partial charge in [-0.2, -0.15) is 0 Å². The molecule has 0 bridgehead atoms. The van der Waals surface area contributed by atoms with Crippen molar-refractivity contribution in [1.29, 1.82) is 0 Å². The summed E-state index contributed by atoms with van der Waals surface area (Å²) in [7, 11) is 0. The van der Waals surface area contributed by atoms with E-state index in [2.05, 4.69) is 31.5 Å². The monoisotopic (exact) mass is 189 g/mol. The summed E-state index contributed by atoms with van der Waals surface area (Å²) in [5.74, 6) is 1.04. The Morgan fingerprint density at radius 2 is 1.93 bits per heavy atom. The quantitative estimate of drug-likeness (QED) is 0.706. The van der Waals surface area contributed by atoms with Crippen molar-refractivity contribution in [3.8, 4) is 5.75 Å². The van der Waals surface area contributed by atoms with Gasteiger partial charge in [0, 0.05) is 0 Å². The third-order valence-electron chi connectivity index (χ3n) is 2.83. The van der Waals surface area contributed by atoms with Gasteiger partial charge in [0.2, 0.25) is 0 Å². The van der Waals surface area contributed by atoms with Crippen molar-refractivity contribution < 1.29 is 4.74 Å². The Morgan fingerprint density at radius 3 is 2.64 bits per heavy atom.